The van der Waals surface area contributed by atoms with Crippen molar-refractivity contribution in [1.29, 1.82) is 0 Å². The normalized spacial score (nSPS) is 10.8. The molecule has 1 aromatic rings. The van der Waals surface area contributed by atoms with E-state index < -0.39 is 0 Å². The summed E-state index contributed by atoms with van der Waals surface area (Å²) < 4.78 is 16.0. The van der Waals surface area contributed by atoms with E-state index in [2.05, 4.69) is 10.6 Å². The third kappa shape index (κ3) is 5.35. The topological polar surface area (TPSA) is 68.8 Å². The van der Waals surface area contributed by atoms with Crippen LogP contribution in [0.4, 0.5) is 4.79 Å². The zero-order chi connectivity index (χ0) is 16.8. The Morgan fingerprint density at radius 3 is 2.00 bits per heavy atom. The lowest BCUT2D eigenvalue weighted by Gasteiger charge is -2.21. The van der Waals surface area contributed by atoms with E-state index >= 15 is 0 Å². The van der Waals surface area contributed by atoms with Gasteiger partial charge in [-0.25, -0.2) is 4.79 Å². The van der Waals surface area contributed by atoms with Crippen molar-refractivity contribution in [2.24, 2.45) is 0 Å². The van der Waals surface area contributed by atoms with Gasteiger partial charge in [0.25, 0.3) is 0 Å². The van der Waals surface area contributed by atoms with Gasteiger partial charge in [-0.05, 0) is 27.2 Å². The molecule has 0 heterocycles. The third-order valence-corrected chi connectivity index (χ3v) is 2.97. The zero-order valence-electron chi connectivity index (χ0n) is 14.2. The summed E-state index contributed by atoms with van der Waals surface area (Å²) in [5.41, 5.74) is 0.626. The second-order valence-electron chi connectivity index (χ2n) is 5.89. The van der Waals surface area contributed by atoms with Crippen LogP contribution >= 0.6 is 0 Å². The highest BCUT2D eigenvalue weighted by Gasteiger charge is 2.15. The van der Waals surface area contributed by atoms with Crippen LogP contribution in [-0.2, 0) is 6.42 Å². The highest BCUT2D eigenvalue weighted by atomic mass is 16.5. The van der Waals surface area contributed by atoms with Gasteiger partial charge >= 0.3 is 6.03 Å². The van der Waals surface area contributed by atoms with Crippen LogP contribution in [0.2, 0.25) is 0 Å². The monoisotopic (exact) mass is 310 g/mol. The van der Waals surface area contributed by atoms with Crippen molar-refractivity contribution in [1.82, 2.24) is 10.6 Å². The minimum absolute atomic E-state index is 0.195. The highest BCUT2D eigenvalue weighted by Crippen LogP contribution is 2.34. The van der Waals surface area contributed by atoms with Crippen LogP contribution in [-0.4, -0.2) is 39.4 Å². The first-order valence-electron chi connectivity index (χ1n) is 7.15. The first-order valence-corrected chi connectivity index (χ1v) is 7.15. The second-order valence-corrected chi connectivity index (χ2v) is 5.89. The van der Waals surface area contributed by atoms with Crippen LogP contribution < -0.4 is 24.8 Å². The lowest BCUT2D eigenvalue weighted by Crippen LogP contribution is -2.46. The second kappa shape index (κ2) is 7.77. The number of rotatable bonds is 6. The first kappa shape index (κ1) is 17.9. The van der Waals surface area contributed by atoms with Crippen molar-refractivity contribution in [3.8, 4) is 17.2 Å². The summed E-state index contributed by atoms with van der Waals surface area (Å²) in [6.07, 6.45) is 0.591. The summed E-state index contributed by atoms with van der Waals surface area (Å²) in [4.78, 5) is 11.8. The number of ether oxygens (including phenoxy) is 3. The van der Waals surface area contributed by atoms with Gasteiger partial charge < -0.3 is 24.8 Å². The Kier molecular flexibility index (Phi) is 6.34. The molecule has 0 aromatic heterocycles. The van der Waals surface area contributed by atoms with E-state index in [9.17, 15) is 4.79 Å². The van der Waals surface area contributed by atoms with Gasteiger partial charge in [0.05, 0.1) is 21.3 Å². The Bertz CT molecular complexity index is 484. The molecule has 0 saturated heterocycles. The molecule has 0 atom stereocenters. The van der Waals surface area contributed by atoms with E-state index in [0.717, 1.165) is 5.56 Å². The predicted octanol–water partition coefficient (Wildman–Crippen LogP) is 2.35. The minimum Gasteiger partial charge on any atom is -0.496 e. The number of hydrogen-bond acceptors (Lipinski definition) is 4. The lowest BCUT2D eigenvalue weighted by atomic mass is 10.1. The molecule has 1 rings (SSSR count). The molecule has 0 saturated carbocycles. The number of urea groups is 1. The van der Waals surface area contributed by atoms with Crippen LogP contribution in [0.15, 0.2) is 12.1 Å². The van der Waals surface area contributed by atoms with Gasteiger partial charge in [0.15, 0.2) is 0 Å². The lowest BCUT2D eigenvalue weighted by molar-refractivity contribution is 0.232. The standard InChI is InChI=1S/C16H26N2O4/c1-16(2,3)18-15(19)17-8-7-12-13(21-5)9-11(20-4)10-14(12)22-6/h9-10H,7-8H2,1-6H3,(H2,17,18,19). The van der Waals surface area contributed by atoms with Gasteiger partial charge in [-0.1, -0.05) is 0 Å². The van der Waals surface area contributed by atoms with Gasteiger partial charge in [0, 0.05) is 29.8 Å². The molecule has 0 aliphatic heterocycles. The molecule has 0 bridgehead atoms. The van der Waals surface area contributed by atoms with Crippen LogP contribution in [0.25, 0.3) is 0 Å². The van der Waals surface area contributed by atoms with E-state index in [0.29, 0.717) is 30.2 Å². The fourth-order valence-corrected chi connectivity index (χ4v) is 2.01. The Morgan fingerprint density at radius 2 is 1.59 bits per heavy atom. The van der Waals surface area contributed by atoms with E-state index in [-0.39, 0.29) is 11.6 Å². The molecule has 1 aromatic carbocycles. The molecule has 2 N–H and O–H groups in total. The van der Waals surface area contributed by atoms with Gasteiger partial charge in [-0.2, -0.15) is 0 Å². The SMILES string of the molecule is COc1cc(OC)c(CCNC(=O)NC(C)(C)C)c(OC)c1. The fraction of sp³-hybridized carbons (Fsp3) is 0.562. The molecule has 124 valence electrons. The summed E-state index contributed by atoms with van der Waals surface area (Å²) in [5, 5.41) is 5.67. The van der Waals surface area contributed by atoms with E-state index in [1.54, 1.807) is 33.5 Å². The Balaban J connectivity index is 2.74. The average molecular weight is 310 g/mol. The van der Waals surface area contributed by atoms with Crippen molar-refractivity contribution in [2.45, 2.75) is 32.7 Å². The molecule has 6 heteroatoms. The summed E-state index contributed by atoms with van der Waals surface area (Å²) >= 11 is 0. The maximum atomic E-state index is 11.8. The zero-order valence-corrected chi connectivity index (χ0v) is 14.2. The molecule has 0 radical (unpaired) electrons. The number of amides is 2. The highest BCUT2D eigenvalue weighted by molar-refractivity contribution is 5.74. The molecule has 0 spiro atoms. The number of methoxy groups -OCH3 is 3. The third-order valence-electron chi connectivity index (χ3n) is 2.97. The van der Waals surface area contributed by atoms with Crippen LogP contribution in [0.5, 0.6) is 17.2 Å². The molecule has 22 heavy (non-hydrogen) atoms. The summed E-state index contributed by atoms with van der Waals surface area (Å²) in [5.74, 6) is 2.01. The summed E-state index contributed by atoms with van der Waals surface area (Å²) in [6, 6.07) is 3.40. The number of benzene rings is 1. The molecule has 6 nitrogen and oxygen atoms in total. The molecule has 0 fully saturated rings. The smallest absolute Gasteiger partial charge is 0.315 e. The van der Waals surface area contributed by atoms with Crippen molar-refractivity contribution in [3.05, 3.63) is 17.7 Å². The minimum atomic E-state index is -0.264. The van der Waals surface area contributed by atoms with Gasteiger partial charge in [0.1, 0.15) is 17.2 Å². The number of carbonyl (C=O) groups excluding carboxylic acids is 1. The number of hydrogen-bond donors (Lipinski definition) is 2. The predicted molar refractivity (Wildman–Crippen MR) is 86.1 cm³/mol. The maximum Gasteiger partial charge on any atom is 0.315 e. The molecule has 0 aliphatic carbocycles. The van der Waals surface area contributed by atoms with E-state index in [4.69, 9.17) is 14.2 Å². The van der Waals surface area contributed by atoms with Gasteiger partial charge in [-0.3, -0.25) is 0 Å². The van der Waals surface area contributed by atoms with Crippen molar-refractivity contribution < 1.29 is 19.0 Å². The first-order chi connectivity index (χ1) is 10.3. The Labute approximate surface area is 132 Å². The summed E-state index contributed by atoms with van der Waals surface area (Å²) in [7, 11) is 4.78. The van der Waals surface area contributed by atoms with Crippen molar-refractivity contribution in [2.75, 3.05) is 27.9 Å². The van der Waals surface area contributed by atoms with Crippen LogP contribution in [0.1, 0.15) is 26.3 Å². The van der Waals surface area contributed by atoms with Crippen molar-refractivity contribution in [3.63, 3.8) is 0 Å². The molecular formula is C16H26N2O4. The average Bonchev–Trinajstić information content (AvgIpc) is 2.45. The number of carbonyl (C=O) groups is 1. The van der Waals surface area contributed by atoms with Gasteiger partial charge in [0.2, 0.25) is 0 Å². The summed E-state index contributed by atoms with van der Waals surface area (Å²) in [6.45, 7) is 6.27. The molecular weight excluding hydrogens is 284 g/mol. The van der Waals surface area contributed by atoms with Gasteiger partial charge in [-0.15, -0.1) is 0 Å². The molecule has 0 unspecified atom stereocenters. The van der Waals surface area contributed by atoms with Crippen LogP contribution in [0, 0.1) is 0 Å². The molecule has 2 amide bonds. The van der Waals surface area contributed by atoms with E-state index in [1.807, 2.05) is 20.8 Å². The maximum absolute atomic E-state index is 11.8. The van der Waals surface area contributed by atoms with Crippen molar-refractivity contribution >= 4 is 6.03 Å². The fourth-order valence-electron chi connectivity index (χ4n) is 2.01. The Hall–Kier alpha value is -2.11. The molecule has 0 aliphatic rings. The Morgan fingerprint density at radius 1 is 1.05 bits per heavy atom. The largest absolute Gasteiger partial charge is 0.496 e. The van der Waals surface area contributed by atoms with Crippen LogP contribution in [0.3, 0.4) is 0 Å². The van der Waals surface area contributed by atoms with E-state index in [1.165, 1.54) is 0 Å². The quantitative estimate of drug-likeness (QED) is 0.846. The number of nitrogens with one attached hydrogen (secondary N) is 2.